The van der Waals surface area contributed by atoms with Crippen LogP contribution < -0.4 is 5.32 Å². The molecule has 1 saturated heterocycles. The number of nitrogens with one attached hydrogen (secondary N) is 1. The van der Waals surface area contributed by atoms with E-state index >= 15 is 0 Å². The van der Waals surface area contributed by atoms with Crippen LogP contribution in [0.5, 0.6) is 0 Å². The van der Waals surface area contributed by atoms with Gasteiger partial charge < -0.3 is 10.4 Å². The molecule has 5 nitrogen and oxygen atoms in total. The first-order chi connectivity index (χ1) is 10.2. The number of benzene rings is 1. The molecule has 2 N–H and O–H groups in total. The third kappa shape index (κ3) is 3.28. The number of thioether (sulfide) groups is 1. The van der Waals surface area contributed by atoms with Crippen LogP contribution in [0.15, 0.2) is 42.7 Å². The Labute approximate surface area is 127 Å². The third-order valence-electron chi connectivity index (χ3n) is 3.54. The van der Waals surface area contributed by atoms with Gasteiger partial charge in [-0.05, 0) is 36.4 Å². The minimum absolute atomic E-state index is 0.172. The van der Waals surface area contributed by atoms with Crippen molar-refractivity contribution in [2.24, 2.45) is 0 Å². The molecule has 1 aromatic carbocycles. The van der Waals surface area contributed by atoms with Gasteiger partial charge in [-0.1, -0.05) is 6.07 Å². The van der Waals surface area contributed by atoms with Crippen LogP contribution >= 0.6 is 11.8 Å². The summed E-state index contributed by atoms with van der Waals surface area (Å²) in [5.41, 5.74) is 0.639. The van der Waals surface area contributed by atoms with E-state index in [0.717, 1.165) is 17.9 Å². The van der Waals surface area contributed by atoms with E-state index in [4.69, 9.17) is 0 Å². The number of amides is 1. The first kappa shape index (κ1) is 14.2. The highest BCUT2D eigenvalue weighted by molar-refractivity contribution is 7.99. The summed E-state index contributed by atoms with van der Waals surface area (Å²) >= 11 is 1.72. The Bertz CT molecular complexity index is 622. The predicted octanol–water partition coefficient (Wildman–Crippen LogP) is 1.47. The molecule has 2 aromatic rings. The predicted molar refractivity (Wildman–Crippen MR) is 82.8 cm³/mol. The lowest BCUT2D eigenvalue weighted by molar-refractivity contribution is 0.0612. The fraction of sp³-hybridized carbons (Fsp3) is 0.333. The number of aliphatic hydroxyl groups is 1. The van der Waals surface area contributed by atoms with Crippen LogP contribution in [0.2, 0.25) is 0 Å². The van der Waals surface area contributed by atoms with Crippen LogP contribution in [0.25, 0.3) is 5.69 Å². The Hall–Kier alpha value is -1.79. The molecule has 1 aromatic heterocycles. The molecule has 1 unspecified atom stereocenters. The largest absolute Gasteiger partial charge is 0.387 e. The molecular weight excluding hydrogens is 286 g/mol. The number of carbonyl (C=O) groups excluding carboxylic acids is 1. The third-order valence-corrected chi connectivity index (χ3v) is 4.77. The highest BCUT2D eigenvalue weighted by atomic mass is 32.2. The molecule has 0 radical (unpaired) electrons. The monoisotopic (exact) mass is 303 g/mol. The fourth-order valence-electron chi connectivity index (χ4n) is 2.29. The number of nitrogens with zero attached hydrogens (tertiary/aromatic N) is 2. The summed E-state index contributed by atoms with van der Waals surface area (Å²) in [6.07, 6.45) is 4.25. The van der Waals surface area contributed by atoms with Crippen molar-refractivity contribution in [3.63, 3.8) is 0 Å². The van der Waals surface area contributed by atoms with Gasteiger partial charge in [0.2, 0.25) is 0 Å². The maximum atomic E-state index is 12.2. The van der Waals surface area contributed by atoms with E-state index in [2.05, 4.69) is 10.4 Å². The zero-order valence-corrected chi connectivity index (χ0v) is 12.3. The second-order valence-corrected chi connectivity index (χ2v) is 6.32. The average molecular weight is 303 g/mol. The lowest BCUT2D eigenvalue weighted by Gasteiger charge is -2.21. The second kappa shape index (κ2) is 5.91. The zero-order chi connectivity index (χ0) is 14.7. The normalized spacial score (nSPS) is 21.4. The van der Waals surface area contributed by atoms with E-state index < -0.39 is 5.60 Å². The SMILES string of the molecule is O=C(NCC1(O)CCSC1)c1cccc(-n2cccn2)c1. The summed E-state index contributed by atoms with van der Waals surface area (Å²) in [5, 5.41) is 17.2. The Morgan fingerprint density at radius 2 is 2.38 bits per heavy atom. The molecule has 0 saturated carbocycles. The zero-order valence-electron chi connectivity index (χ0n) is 11.5. The van der Waals surface area contributed by atoms with Crippen LogP contribution in [0.3, 0.4) is 0 Å². The first-order valence-corrected chi connectivity index (χ1v) is 8.00. The van der Waals surface area contributed by atoms with Gasteiger partial charge in [0.15, 0.2) is 0 Å². The molecule has 2 heterocycles. The molecule has 3 rings (SSSR count). The van der Waals surface area contributed by atoms with Crippen molar-refractivity contribution in [2.75, 3.05) is 18.1 Å². The molecule has 0 spiro atoms. The number of hydrogen-bond acceptors (Lipinski definition) is 4. The van der Waals surface area contributed by atoms with E-state index in [1.165, 1.54) is 0 Å². The van der Waals surface area contributed by atoms with E-state index in [-0.39, 0.29) is 5.91 Å². The Morgan fingerprint density at radius 1 is 1.48 bits per heavy atom. The minimum Gasteiger partial charge on any atom is -0.387 e. The summed E-state index contributed by atoms with van der Waals surface area (Å²) in [6.45, 7) is 0.296. The summed E-state index contributed by atoms with van der Waals surface area (Å²) in [6, 6.07) is 9.10. The van der Waals surface area contributed by atoms with Crippen molar-refractivity contribution in [1.29, 1.82) is 0 Å². The Kier molecular flexibility index (Phi) is 3.98. The van der Waals surface area contributed by atoms with Gasteiger partial charge in [0.05, 0.1) is 11.3 Å². The highest BCUT2D eigenvalue weighted by Crippen LogP contribution is 2.27. The number of carbonyl (C=O) groups is 1. The molecule has 0 aliphatic carbocycles. The first-order valence-electron chi connectivity index (χ1n) is 6.85. The highest BCUT2D eigenvalue weighted by Gasteiger charge is 2.32. The average Bonchev–Trinajstić information content (AvgIpc) is 3.17. The molecule has 1 fully saturated rings. The standard InChI is InChI=1S/C15H17N3O2S/c19-14(16-10-15(20)5-8-21-11-15)12-3-1-4-13(9-12)18-7-2-6-17-18/h1-4,6-7,9,20H,5,8,10-11H2,(H,16,19). The van der Waals surface area contributed by atoms with Crippen molar-refractivity contribution in [1.82, 2.24) is 15.1 Å². The van der Waals surface area contributed by atoms with E-state index in [1.807, 2.05) is 24.4 Å². The Balaban J connectivity index is 1.69. The maximum Gasteiger partial charge on any atom is 0.251 e. The van der Waals surface area contributed by atoms with Gasteiger partial charge in [-0.3, -0.25) is 4.79 Å². The second-order valence-electron chi connectivity index (χ2n) is 5.21. The molecule has 1 amide bonds. The smallest absolute Gasteiger partial charge is 0.251 e. The molecular formula is C15H17N3O2S. The summed E-state index contributed by atoms with van der Waals surface area (Å²) in [5.74, 6) is 1.45. The fourth-order valence-corrected chi connectivity index (χ4v) is 3.59. The quantitative estimate of drug-likeness (QED) is 0.897. The van der Waals surface area contributed by atoms with Crippen LogP contribution in [0.4, 0.5) is 0 Å². The van der Waals surface area contributed by atoms with Crippen molar-refractivity contribution in [2.45, 2.75) is 12.0 Å². The Morgan fingerprint density at radius 3 is 3.10 bits per heavy atom. The summed E-state index contributed by atoms with van der Waals surface area (Å²) in [4.78, 5) is 12.2. The summed E-state index contributed by atoms with van der Waals surface area (Å²) in [7, 11) is 0. The van der Waals surface area contributed by atoms with Crippen molar-refractivity contribution in [3.8, 4) is 5.69 Å². The minimum atomic E-state index is -0.764. The lowest BCUT2D eigenvalue weighted by Crippen LogP contribution is -2.42. The van der Waals surface area contributed by atoms with Crippen LogP contribution in [0.1, 0.15) is 16.8 Å². The van der Waals surface area contributed by atoms with Gasteiger partial charge in [0.1, 0.15) is 0 Å². The van der Waals surface area contributed by atoms with Gasteiger partial charge in [0.25, 0.3) is 5.91 Å². The van der Waals surface area contributed by atoms with Gasteiger partial charge in [-0.15, -0.1) is 0 Å². The maximum absolute atomic E-state index is 12.2. The summed E-state index contributed by atoms with van der Waals surface area (Å²) < 4.78 is 1.71. The van der Waals surface area contributed by atoms with Crippen LogP contribution in [-0.2, 0) is 0 Å². The number of rotatable bonds is 4. The van der Waals surface area contributed by atoms with Gasteiger partial charge in [0, 0.05) is 30.3 Å². The molecule has 1 aliphatic rings. The van der Waals surface area contributed by atoms with Crippen LogP contribution in [-0.4, -0.2) is 44.4 Å². The topological polar surface area (TPSA) is 67.2 Å². The van der Waals surface area contributed by atoms with Gasteiger partial charge in [-0.2, -0.15) is 16.9 Å². The van der Waals surface area contributed by atoms with E-state index in [1.54, 1.807) is 34.8 Å². The van der Waals surface area contributed by atoms with Crippen molar-refractivity contribution < 1.29 is 9.90 Å². The van der Waals surface area contributed by atoms with Crippen LogP contribution in [0, 0.1) is 0 Å². The lowest BCUT2D eigenvalue weighted by atomic mass is 10.0. The molecule has 21 heavy (non-hydrogen) atoms. The number of aromatic nitrogens is 2. The van der Waals surface area contributed by atoms with Crippen molar-refractivity contribution >= 4 is 17.7 Å². The molecule has 1 atom stereocenters. The van der Waals surface area contributed by atoms with Gasteiger partial charge >= 0.3 is 0 Å². The molecule has 6 heteroatoms. The molecule has 1 aliphatic heterocycles. The van der Waals surface area contributed by atoms with E-state index in [9.17, 15) is 9.90 Å². The van der Waals surface area contributed by atoms with Crippen molar-refractivity contribution in [3.05, 3.63) is 48.3 Å². The van der Waals surface area contributed by atoms with Gasteiger partial charge in [-0.25, -0.2) is 4.68 Å². The molecule has 0 bridgehead atoms. The van der Waals surface area contributed by atoms with E-state index in [0.29, 0.717) is 17.9 Å². The number of hydrogen-bond donors (Lipinski definition) is 2. The molecule has 110 valence electrons.